The molecule has 0 saturated heterocycles. The molecule has 1 heterocycles. The fourth-order valence-corrected chi connectivity index (χ4v) is 2.12. The molecule has 0 spiro atoms. The molecule has 1 unspecified atom stereocenters. The summed E-state index contributed by atoms with van der Waals surface area (Å²) in [5.41, 5.74) is 2.86. The lowest BCUT2D eigenvalue weighted by molar-refractivity contribution is -0.115. The van der Waals surface area contributed by atoms with E-state index in [0.29, 0.717) is 12.3 Å². The first-order chi connectivity index (χ1) is 7.24. The van der Waals surface area contributed by atoms with Crippen LogP contribution in [-0.4, -0.2) is 11.0 Å². The molecule has 3 nitrogen and oxygen atoms in total. The quantitative estimate of drug-likeness (QED) is 0.767. The zero-order valence-corrected chi connectivity index (χ0v) is 8.36. The fraction of sp³-hybridized carbons (Fsp3) is 0.417. The molecule has 1 aromatic carbocycles. The van der Waals surface area contributed by atoms with Gasteiger partial charge in [-0.25, -0.2) is 0 Å². The van der Waals surface area contributed by atoms with E-state index in [9.17, 15) is 9.90 Å². The van der Waals surface area contributed by atoms with E-state index in [1.807, 2.05) is 18.2 Å². The molecular weight excluding hydrogens is 190 g/mol. The van der Waals surface area contributed by atoms with Crippen molar-refractivity contribution in [3.63, 3.8) is 0 Å². The summed E-state index contributed by atoms with van der Waals surface area (Å²) in [7, 11) is 0. The molecule has 1 amide bonds. The van der Waals surface area contributed by atoms with Crippen molar-refractivity contribution in [1.82, 2.24) is 0 Å². The number of nitrogens with one attached hydrogen (secondary N) is 1. The largest absolute Gasteiger partial charge is 0.388 e. The van der Waals surface area contributed by atoms with Gasteiger partial charge in [-0.1, -0.05) is 12.1 Å². The van der Waals surface area contributed by atoms with Crippen molar-refractivity contribution < 1.29 is 9.90 Å². The van der Waals surface area contributed by atoms with Crippen molar-refractivity contribution in [2.45, 2.75) is 25.4 Å². The molecule has 1 aliphatic carbocycles. The van der Waals surface area contributed by atoms with Gasteiger partial charge in [0.2, 0.25) is 5.91 Å². The first-order valence-corrected chi connectivity index (χ1v) is 5.35. The number of aliphatic hydroxyl groups excluding tert-OH is 1. The molecule has 1 saturated carbocycles. The molecule has 3 heteroatoms. The number of hydrogen-bond acceptors (Lipinski definition) is 2. The average Bonchev–Trinajstić information content (AvgIpc) is 2.98. The highest BCUT2D eigenvalue weighted by Crippen LogP contribution is 2.41. The molecule has 0 aromatic heterocycles. The number of rotatable bonds is 2. The van der Waals surface area contributed by atoms with E-state index in [2.05, 4.69) is 5.32 Å². The summed E-state index contributed by atoms with van der Waals surface area (Å²) in [6.07, 6.45) is 2.34. The molecule has 1 atom stereocenters. The normalized spacial score (nSPS) is 21.0. The maximum Gasteiger partial charge on any atom is 0.228 e. The number of anilines is 1. The third-order valence-corrected chi connectivity index (χ3v) is 3.16. The van der Waals surface area contributed by atoms with Gasteiger partial charge in [0.05, 0.1) is 12.5 Å². The highest BCUT2D eigenvalue weighted by molar-refractivity contribution is 5.99. The number of carbonyl (C=O) groups is 1. The number of amides is 1. The monoisotopic (exact) mass is 203 g/mol. The molecule has 1 aliphatic heterocycles. The first-order valence-electron chi connectivity index (χ1n) is 5.35. The highest BCUT2D eigenvalue weighted by atomic mass is 16.3. The van der Waals surface area contributed by atoms with E-state index < -0.39 is 0 Å². The van der Waals surface area contributed by atoms with E-state index in [1.54, 1.807) is 0 Å². The van der Waals surface area contributed by atoms with Gasteiger partial charge < -0.3 is 10.4 Å². The van der Waals surface area contributed by atoms with Crippen molar-refractivity contribution in [1.29, 1.82) is 0 Å². The van der Waals surface area contributed by atoms with Crippen molar-refractivity contribution in [3.8, 4) is 0 Å². The molecule has 0 radical (unpaired) electrons. The van der Waals surface area contributed by atoms with Gasteiger partial charge in [-0.15, -0.1) is 0 Å². The maximum atomic E-state index is 11.2. The molecule has 15 heavy (non-hydrogen) atoms. The van der Waals surface area contributed by atoms with Gasteiger partial charge in [0, 0.05) is 5.69 Å². The second-order valence-electron chi connectivity index (χ2n) is 4.42. The van der Waals surface area contributed by atoms with Gasteiger partial charge >= 0.3 is 0 Å². The number of carbonyl (C=O) groups excluding carboxylic acids is 1. The topological polar surface area (TPSA) is 49.3 Å². The summed E-state index contributed by atoms with van der Waals surface area (Å²) in [6, 6.07) is 5.75. The zero-order chi connectivity index (χ0) is 10.4. The van der Waals surface area contributed by atoms with Gasteiger partial charge in [-0.2, -0.15) is 0 Å². The van der Waals surface area contributed by atoms with Gasteiger partial charge in [-0.3, -0.25) is 4.79 Å². The Hall–Kier alpha value is -1.35. The minimum atomic E-state index is -0.342. The smallest absolute Gasteiger partial charge is 0.228 e. The summed E-state index contributed by atoms with van der Waals surface area (Å²) in [4.78, 5) is 11.2. The van der Waals surface area contributed by atoms with Crippen LogP contribution < -0.4 is 5.32 Å². The first kappa shape index (κ1) is 8.92. The Kier molecular flexibility index (Phi) is 1.83. The number of fused-ring (bicyclic) bond motifs is 1. The predicted molar refractivity (Wildman–Crippen MR) is 56.5 cm³/mol. The lowest BCUT2D eigenvalue weighted by Crippen LogP contribution is -2.03. The Labute approximate surface area is 88.1 Å². The summed E-state index contributed by atoms with van der Waals surface area (Å²) in [6.45, 7) is 0. The van der Waals surface area contributed by atoms with Crippen molar-refractivity contribution in [3.05, 3.63) is 29.3 Å². The van der Waals surface area contributed by atoms with Crippen LogP contribution in [0, 0.1) is 5.92 Å². The van der Waals surface area contributed by atoms with Crippen LogP contribution in [0.25, 0.3) is 0 Å². The van der Waals surface area contributed by atoms with Gasteiger partial charge in [0.15, 0.2) is 0 Å². The third-order valence-electron chi connectivity index (χ3n) is 3.16. The number of hydrogen-bond donors (Lipinski definition) is 2. The van der Waals surface area contributed by atoms with E-state index in [-0.39, 0.29) is 12.0 Å². The van der Waals surface area contributed by atoms with Crippen LogP contribution in [0.5, 0.6) is 0 Å². The highest BCUT2D eigenvalue weighted by Gasteiger charge is 2.31. The van der Waals surface area contributed by atoms with Crippen molar-refractivity contribution in [2.75, 3.05) is 5.32 Å². The minimum Gasteiger partial charge on any atom is -0.388 e. The minimum absolute atomic E-state index is 0.0445. The van der Waals surface area contributed by atoms with E-state index >= 15 is 0 Å². The van der Waals surface area contributed by atoms with Crippen LogP contribution in [-0.2, 0) is 11.2 Å². The maximum absolute atomic E-state index is 11.2. The van der Waals surface area contributed by atoms with Gasteiger partial charge in [0.25, 0.3) is 0 Å². The molecule has 2 N–H and O–H groups in total. The molecule has 1 aromatic rings. The summed E-state index contributed by atoms with van der Waals surface area (Å²) in [5.74, 6) is 0.483. The Bertz CT molecular complexity index is 424. The molecule has 0 bridgehead atoms. The van der Waals surface area contributed by atoms with E-state index in [4.69, 9.17) is 0 Å². The molecule has 1 fully saturated rings. The van der Waals surface area contributed by atoms with Crippen LogP contribution in [0.1, 0.15) is 30.1 Å². The van der Waals surface area contributed by atoms with Crippen LogP contribution >= 0.6 is 0 Å². The van der Waals surface area contributed by atoms with E-state index in [0.717, 1.165) is 29.7 Å². The lowest BCUT2D eigenvalue weighted by Gasteiger charge is -2.10. The SMILES string of the molecule is O=C1Cc2cc(C(O)C3CC3)ccc2N1. The number of benzene rings is 1. The van der Waals surface area contributed by atoms with Crippen LogP contribution in [0.15, 0.2) is 18.2 Å². The Balaban J connectivity index is 1.92. The summed E-state index contributed by atoms with van der Waals surface area (Å²) < 4.78 is 0. The Morgan fingerprint density at radius 1 is 1.40 bits per heavy atom. The summed E-state index contributed by atoms with van der Waals surface area (Å²) >= 11 is 0. The Morgan fingerprint density at radius 3 is 2.93 bits per heavy atom. The van der Waals surface area contributed by atoms with Crippen LogP contribution in [0.4, 0.5) is 5.69 Å². The standard InChI is InChI=1S/C12H13NO2/c14-11-6-9-5-8(3-4-10(9)13-11)12(15)7-1-2-7/h3-5,7,12,15H,1-2,6H2,(H,13,14). The third kappa shape index (κ3) is 1.53. The lowest BCUT2D eigenvalue weighted by atomic mass is 10.0. The average molecular weight is 203 g/mol. The fourth-order valence-electron chi connectivity index (χ4n) is 2.12. The predicted octanol–water partition coefficient (Wildman–Crippen LogP) is 1.62. The Morgan fingerprint density at radius 2 is 2.20 bits per heavy atom. The molecule has 2 aliphatic rings. The molecule has 3 rings (SSSR count). The van der Waals surface area contributed by atoms with Gasteiger partial charge in [-0.05, 0) is 36.0 Å². The van der Waals surface area contributed by atoms with Crippen LogP contribution in [0.2, 0.25) is 0 Å². The second-order valence-corrected chi connectivity index (χ2v) is 4.42. The molecule has 78 valence electrons. The van der Waals surface area contributed by atoms with Gasteiger partial charge in [0.1, 0.15) is 0 Å². The van der Waals surface area contributed by atoms with Crippen LogP contribution in [0.3, 0.4) is 0 Å². The number of aliphatic hydroxyl groups is 1. The summed E-state index contributed by atoms with van der Waals surface area (Å²) in [5, 5.41) is 12.7. The second kappa shape index (κ2) is 3.07. The van der Waals surface area contributed by atoms with Crippen molar-refractivity contribution >= 4 is 11.6 Å². The zero-order valence-electron chi connectivity index (χ0n) is 8.36. The molecular formula is C12H13NO2. The van der Waals surface area contributed by atoms with Crippen molar-refractivity contribution in [2.24, 2.45) is 5.92 Å². The van der Waals surface area contributed by atoms with E-state index in [1.165, 1.54) is 0 Å².